The smallest absolute Gasteiger partial charge is 0.191 e. The molecule has 1 aromatic heterocycles. The quantitative estimate of drug-likeness (QED) is 0.603. The van der Waals surface area contributed by atoms with Crippen molar-refractivity contribution in [2.24, 2.45) is 4.99 Å². The molecule has 0 bridgehead atoms. The van der Waals surface area contributed by atoms with Crippen molar-refractivity contribution >= 4 is 28.9 Å². The van der Waals surface area contributed by atoms with Gasteiger partial charge in [0.1, 0.15) is 5.01 Å². The van der Waals surface area contributed by atoms with Gasteiger partial charge in [0.25, 0.3) is 0 Å². The Bertz CT molecular complexity index is 756. The molecule has 0 saturated carbocycles. The van der Waals surface area contributed by atoms with Crippen molar-refractivity contribution in [1.29, 1.82) is 0 Å². The number of guanidine groups is 1. The van der Waals surface area contributed by atoms with Gasteiger partial charge in [-0.1, -0.05) is 23.7 Å². The Morgan fingerprint density at radius 1 is 1.35 bits per heavy atom. The predicted octanol–water partition coefficient (Wildman–Crippen LogP) is 3.52. The lowest BCUT2D eigenvalue weighted by molar-refractivity contribution is 0.0514. The van der Waals surface area contributed by atoms with Gasteiger partial charge in [-0.05, 0) is 37.5 Å². The van der Waals surface area contributed by atoms with E-state index in [0.29, 0.717) is 6.54 Å². The molecule has 1 saturated heterocycles. The first-order valence-corrected chi connectivity index (χ1v) is 10.0. The number of hydrogen-bond donors (Lipinski definition) is 2. The standard InChI is InChI=1S/C19H25ClN4OS/c1-14-11-22-17(26-14)12-23-18(21-2)24-13-19(6-8-25-9-7-19)15-4-3-5-16(20)10-15/h3-5,10-11H,6-9,12-13H2,1-2H3,(H2,21,23,24). The fourth-order valence-electron chi connectivity index (χ4n) is 3.26. The number of aryl methyl sites for hydroxylation is 1. The lowest BCUT2D eigenvalue weighted by Crippen LogP contribution is -2.47. The molecule has 0 spiro atoms. The molecule has 0 radical (unpaired) electrons. The van der Waals surface area contributed by atoms with Crippen LogP contribution in [-0.4, -0.2) is 37.7 Å². The average Bonchev–Trinajstić information content (AvgIpc) is 3.08. The summed E-state index contributed by atoms with van der Waals surface area (Å²) in [6.45, 7) is 5.05. The highest BCUT2D eigenvalue weighted by atomic mass is 35.5. The van der Waals surface area contributed by atoms with E-state index in [9.17, 15) is 0 Å². The lowest BCUT2D eigenvalue weighted by Gasteiger charge is -2.38. The van der Waals surface area contributed by atoms with Gasteiger partial charge in [0.15, 0.2) is 5.96 Å². The van der Waals surface area contributed by atoms with Crippen molar-refractivity contribution in [3.05, 3.63) is 50.9 Å². The van der Waals surface area contributed by atoms with Crippen molar-refractivity contribution in [3.63, 3.8) is 0 Å². The maximum atomic E-state index is 6.24. The summed E-state index contributed by atoms with van der Waals surface area (Å²) in [5.74, 6) is 0.783. The normalized spacial score (nSPS) is 17.1. The van der Waals surface area contributed by atoms with Crippen LogP contribution in [0.25, 0.3) is 0 Å². The maximum absolute atomic E-state index is 6.24. The van der Waals surface area contributed by atoms with Crippen molar-refractivity contribution in [1.82, 2.24) is 15.6 Å². The molecule has 26 heavy (non-hydrogen) atoms. The Hall–Kier alpha value is -1.63. The van der Waals surface area contributed by atoms with E-state index in [2.05, 4.69) is 39.7 Å². The van der Waals surface area contributed by atoms with E-state index in [0.717, 1.165) is 48.6 Å². The number of benzene rings is 1. The van der Waals surface area contributed by atoms with Crippen LogP contribution < -0.4 is 10.6 Å². The third-order valence-corrected chi connectivity index (χ3v) is 5.93. The molecule has 1 aliphatic rings. The van der Waals surface area contributed by atoms with Crippen LogP contribution in [0, 0.1) is 6.92 Å². The Morgan fingerprint density at radius 2 is 2.15 bits per heavy atom. The summed E-state index contributed by atoms with van der Waals surface area (Å²) in [6.07, 6.45) is 3.82. The van der Waals surface area contributed by atoms with Crippen LogP contribution in [-0.2, 0) is 16.7 Å². The first-order chi connectivity index (χ1) is 12.6. The Kier molecular flexibility index (Phi) is 6.51. The van der Waals surface area contributed by atoms with Crippen molar-refractivity contribution in [2.75, 3.05) is 26.8 Å². The van der Waals surface area contributed by atoms with Gasteiger partial charge in [0, 0.05) is 48.3 Å². The summed E-state index contributed by atoms with van der Waals surface area (Å²) in [5, 5.41) is 8.67. The number of aliphatic imine (C=N–C) groups is 1. The predicted molar refractivity (Wildman–Crippen MR) is 108 cm³/mol. The fraction of sp³-hybridized carbons (Fsp3) is 0.474. The highest BCUT2D eigenvalue weighted by Crippen LogP contribution is 2.35. The van der Waals surface area contributed by atoms with Gasteiger partial charge in [0.05, 0.1) is 6.54 Å². The van der Waals surface area contributed by atoms with Crippen LogP contribution in [0.5, 0.6) is 0 Å². The van der Waals surface area contributed by atoms with Gasteiger partial charge < -0.3 is 15.4 Å². The van der Waals surface area contributed by atoms with E-state index in [4.69, 9.17) is 16.3 Å². The number of thiazole rings is 1. The molecule has 7 heteroatoms. The van der Waals surface area contributed by atoms with Gasteiger partial charge in [-0.15, -0.1) is 11.3 Å². The molecule has 0 aliphatic carbocycles. The molecule has 5 nitrogen and oxygen atoms in total. The molecule has 0 amide bonds. The number of halogens is 1. The minimum atomic E-state index is -0.00145. The van der Waals surface area contributed by atoms with E-state index in [1.165, 1.54) is 10.4 Å². The second-order valence-corrected chi connectivity index (χ2v) is 8.30. The van der Waals surface area contributed by atoms with Crippen LogP contribution in [0.15, 0.2) is 35.5 Å². The third-order valence-electron chi connectivity index (χ3n) is 4.78. The van der Waals surface area contributed by atoms with Crippen LogP contribution in [0.4, 0.5) is 0 Å². The Labute approximate surface area is 163 Å². The molecular formula is C19H25ClN4OS. The first kappa shape index (κ1) is 19.1. The molecule has 2 heterocycles. The summed E-state index contributed by atoms with van der Waals surface area (Å²) in [6, 6.07) is 8.17. The van der Waals surface area contributed by atoms with E-state index < -0.39 is 0 Å². The monoisotopic (exact) mass is 392 g/mol. The largest absolute Gasteiger partial charge is 0.381 e. The molecule has 3 rings (SSSR count). The minimum absolute atomic E-state index is 0.00145. The van der Waals surface area contributed by atoms with Gasteiger partial charge in [-0.3, -0.25) is 4.99 Å². The topological polar surface area (TPSA) is 58.5 Å². The summed E-state index contributed by atoms with van der Waals surface area (Å²) >= 11 is 7.94. The van der Waals surface area contributed by atoms with Crippen LogP contribution in [0.1, 0.15) is 28.3 Å². The average molecular weight is 393 g/mol. The molecule has 1 aliphatic heterocycles. The molecule has 0 unspecified atom stereocenters. The summed E-state index contributed by atoms with van der Waals surface area (Å²) in [4.78, 5) is 9.95. The summed E-state index contributed by atoms with van der Waals surface area (Å²) < 4.78 is 5.60. The SMILES string of the molecule is CN=C(NCc1ncc(C)s1)NCC1(c2cccc(Cl)c2)CCOCC1. The molecular weight excluding hydrogens is 368 g/mol. The number of rotatable bonds is 5. The molecule has 140 valence electrons. The van der Waals surface area contributed by atoms with Crippen LogP contribution in [0.3, 0.4) is 0 Å². The van der Waals surface area contributed by atoms with Gasteiger partial charge in [0.2, 0.25) is 0 Å². The zero-order valence-corrected chi connectivity index (χ0v) is 16.8. The molecule has 2 N–H and O–H groups in total. The minimum Gasteiger partial charge on any atom is -0.381 e. The maximum Gasteiger partial charge on any atom is 0.191 e. The van der Waals surface area contributed by atoms with Gasteiger partial charge in [-0.2, -0.15) is 0 Å². The molecule has 0 atom stereocenters. The number of aromatic nitrogens is 1. The third kappa shape index (κ3) is 4.75. The zero-order valence-electron chi connectivity index (χ0n) is 15.2. The van der Waals surface area contributed by atoms with Crippen molar-refractivity contribution in [2.45, 2.75) is 31.7 Å². The number of ether oxygens (including phenoxy) is 1. The highest BCUT2D eigenvalue weighted by Gasteiger charge is 2.34. The van der Waals surface area contributed by atoms with E-state index in [-0.39, 0.29) is 5.41 Å². The number of hydrogen-bond acceptors (Lipinski definition) is 4. The van der Waals surface area contributed by atoms with Crippen molar-refractivity contribution in [3.8, 4) is 0 Å². The Morgan fingerprint density at radius 3 is 2.81 bits per heavy atom. The van der Waals surface area contributed by atoms with E-state index in [1.807, 2.05) is 18.3 Å². The van der Waals surface area contributed by atoms with Crippen LogP contribution >= 0.6 is 22.9 Å². The zero-order chi connectivity index (χ0) is 18.4. The van der Waals surface area contributed by atoms with Crippen LogP contribution in [0.2, 0.25) is 5.02 Å². The second-order valence-electron chi connectivity index (χ2n) is 6.55. The molecule has 1 fully saturated rings. The van der Waals surface area contributed by atoms with E-state index in [1.54, 1.807) is 18.4 Å². The molecule has 2 aromatic rings. The lowest BCUT2D eigenvalue weighted by atomic mass is 9.74. The fourth-order valence-corrected chi connectivity index (χ4v) is 4.18. The number of nitrogens with zero attached hydrogens (tertiary/aromatic N) is 2. The van der Waals surface area contributed by atoms with Gasteiger partial charge >= 0.3 is 0 Å². The van der Waals surface area contributed by atoms with Gasteiger partial charge in [-0.25, -0.2) is 4.98 Å². The number of nitrogens with one attached hydrogen (secondary N) is 2. The second kappa shape index (κ2) is 8.84. The van der Waals surface area contributed by atoms with Crippen molar-refractivity contribution < 1.29 is 4.74 Å². The summed E-state index contributed by atoms with van der Waals surface area (Å²) in [5.41, 5.74) is 1.25. The van der Waals surface area contributed by atoms with E-state index >= 15 is 0 Å². The molecule has 1 aromatic carbocycles. The first-order valence-electron chi connectivity index (χ1n) is 8.81. The summed E-state index contributed by atoms with van der Waals surface area (Å²) in [7, 11) is 1.79. The highest BCUT2D eigenvalue weighted by molar-refractivity contribution is 7.11. The Balaban J connectivity index is 1.66.